The first-order chi connectivity index (χ1) is 10.2. The highest BCUT2D eigenvalue weighted by Crippen LogP contribution is 2.24. The van der Waals surface area contributed by atoms with E-state index in [-0.39, 0.29) is 5.88 Å². The van der Waals surface area contributed by atoms with Crippen molar-refractivity contribution in [1.29, 1.82) is 0 Å². The normalized spacial score (nSPS) is 10.6. The van der Waals surface area contributed by atoms with E-state index in [4.69, 9.17) is 4.74 Å². The summed E-state index contributed by atoms with van der Waals surface area (Å²) < 4.78 is 19.8. The summed E-state index contributed by atoms with van der Waals surface area (Å²) in [4.78, 5) is 3.98. The van der Waals surface area contributed by atoms with E-state index >= 15 is 0 Å². The van der Waals surface area contributed by atoms with Gasteiger partial charge in [-0.25, -0.2) is 9.37 Å². The maximum atomic E-state index is 14.3. The number of halogens is 1. The van der Waals surface area contributed by atoms with Crippen LogP contribution in [-0.2, 0) is 13.0 Å². The van der Waals surface area contributed by atoms with Gasteiger partial charge in [0, 0.05) is 18.3 Å². The highest BCUT2D eigenvalue weighted by Gasteiger charge is 2.11. The summed E-state index contributed by atoms with van der Waals surface area (Å²) in [6.07, 6.45) is 3.70. The van der Waals surface area contributed by atoms with Crippen LogP contribution in [0.3, 0.4) is 0 Å². The van der Waals surface area contributed by atoms with E-state index in [2.05, 4.69) is 17.2 Å². The molecule has 0 bridgehead atoms. The van der Waals surface area contributed by atoms with Gasteiger partial charge in [-0.05, 0) is 36.7 Å². The van der Waals surface area contributed by atoms with Gasteiger partial charge in [-0.2, -0.15) is 0 Å². The van der Waals surface area contributed by atoms with Gasteiger partial charge in [0.25, 0.3) is 5.88 Å². The molecular weight excluding hydrogens is 267 g/mol. The van der Waals surface area contributed by atoms with Crippen LogP contribution in [0.15, 0.2) is 36.5 Å². The van der Waals surface area contributed by atoms with Crippen LogP contribution >= 0.6 is 0 Å². The fourth-order valence-electron chi connectivity index (χ4n) is 2.05. The number of aromatic nitrogens is 1. The van der Waals surface area contributed by atoms with Gasteiger partial charge in [0.05, 0.1) is 0 Å². The topological polar surface area (TPSA) is 34.1 Å². The number of aryl methyl sites for hydroxylation is 1. The summed E-state index contributed by atoms with van der Waals surface area (Å²) in [5.41, 5.74) is 1.81. The van der Waals surface area contributed by atoms with Gasteiger partial charge in [-0.3, -0.25) is 0 Å². The number of ether oxygens (including phenoxy) is 1. The molecule has 1 aromatic carbocycles. The van der Waals surface area contributed by atoms with E-state index in [0.717, 1.165) is 19.4 Å². The molecular formula is C17H21FN2O. The predicted octanol–water partition coefficient (Wildman–Crippen LogP) is 4.08. The van der Waals surface area contributed by atoms with Crippen molar-refractivity contribution >= 4 is 0 Å². The molecule has 0 aliphatic heterocycles. The highest BCUT2D eigenvalue weighted by molar-refractivity contribution is 5.32. The van der Waals surface area contributed by atoms with Crippen molar-refractivity contribution < 1.29 is 9.13 Å². The van der Waals surface area contributed by atoms with Gasteiger partial charge in [-0.15, -0.1) is 0 Å². The SMILES string of the molecule is CCCc1ccc(Oc2nccc(CNCC)c2F)cc1. The van der Waals surface area contributed by atoms with Crippen molar-refractivity contribution in [2.45, 2.75) is 33.2 Å². The Labute approximate surface area is 125 Å². The van der Waals surface area contributed by atoms with Crippen molar-refractivity contribution in [1.82, 2.24) is 10.3 Å². The van der Waals surface area contributed by atoms with Gasteiger partial charge in [-0.1, -0.05) is 32.4 Å². The minimum atomic E-state index is -0.406. The van der Waals surface area contributed by atoms with E-state index in [9.17, 15) is 4.39 Å². The third-order valence-corrected chi connectivity index (χ3v) is 3.18. The Balaban J connectivity index is 2.11. The Morgan fingerprint density at radius 2 is 1.90 bits per heavy atom. The zero-order valence-electron chi connectivity index (χ0n) is 12.5. The van der Waals surface area contributed by atoms with E-state index in [1.54, 1.807) is 12.3 Å². The molecule has 4 heteroatoms. The lowest BCUT2D eigenvalue weighted by Gasteiger charge is -2.09. The standard InChI is InChI=1S/C17H21FN2O/c1-3-5-13-6-8-15(9-7-13)21-17-16(18)14(10-11-20-17)12-19-4-2/h6-11,19H,3-5,12H2,1-2H3. The van der Waals surface area contributed by atoms with Gasteiger partial charge in [0.15, 0.2) is 5.82 Å². The zero-order valence-corrected chi connectivity index (χ0v) is 12.5. The number of benzene rings is 1. The van der Waals surface area contributed by atoms with Crippen molar-refractivity contribution in [2.75, 3.05) is 6.54 Å². The number of rotatable bonds is 7. The largest absolute Gasteiger partial charge is 0.436 e. The van der Waals surface area contributed by atoms with Crippen LogP contribution in [0.25, 0.3) is 0 Å². The highest BCUT2D eigenvalue weighted by atomic mass is 19.1. The third kappa shape index (κ3) is 4.26. The molecule has 1 N–H and O–H groups in total. The molecule has 0 spiro atoms. The molecule has 3 nitrogen and oxygen atoms in total. The molecule has 2 aromatic rings. The van der Waals surface area contributed by atoms with Crippen LogP contribution < -0.4 is 10.1 Å². The van der Waals surface area contributed by atoms with Crippen molar-refractivity contribution in [3.05, 3.63) is 53.5 Å². The third-order valence-electron chi connectivity index (χ3n) is 3.18. The van der Waals surface area contributed by atoms with E-state index in [0.29, 0.717) is 17.9 Å². The Kier molecular flexibility index (Phi) is 5.69. The van der Waals surface area contributed by atoms with Crippen LogP contribution in [0, 0.1) is 5.82 Å². The summed E-state index contributed by atoms with van der Waals surface area (Å²) in [5.74, 6) is 0.214. The quantitative estimate of drug-likeness (QED) is 0.833. The second kappa shape index (κ2) is 7.74. The first-order valence-corrected chi connectivity index (χ1v) is 7.35. The average molecular weight is 288 g/mol. The second-order valence-electron chi connectivity index (χ2n) is 4.87. The second-order valence-corrected chi connectivity index (χ2v) is 4.87. The summed E-state index contributed by atoms with van der Waals surface area (Å²) in [7, 11) is 0. The van der Waals surface area contributed by atoms with Crippen LogP contribution in [-0.4, -0.2) is 11.5 Å². The predicted molar refractivity (Wildman–Crippen MR) is 82.1 cm³/mol. The lowest BCUT2D eigenvalue weighted by atomic mass is 10.1. The minimum Gasteiger partial charge on any atom is -0.436 e. The molecule has 0 atom stereocenters. The Morgan fingerprint density at radius 1 is 1.14 bits per heavy atom. The lowest BCUT2D eigenvalue weighted by Crippen LogP contribution is -2.13. The summed E-state index contributed by atoms with van der Waals surface area (Å²) in [6.45, 7) is 5.38. The van der Waals surface area contributed by atoms with Gasteiger partial charge < -0.3 is 10.1 Å². The molecule has 1 heterocycles. The molecule has 21 heavy (non-hydrogen) atoms. The molecule has 0 saturated carbocycles. The first kappa shape index (κ1) is 15.4. The van der Waals surface area contributed by atoms with Crippen LogP contribution in [0.2, 0.25) is 0 Å². The van der Waals surface area contributed by atoms with Crippen LogP contribution in [0.5, 0.6) is 11.6 Å². The smallest absolute Gasteiger partial charge is 0.256 e. The van der Waals surface area contributed by atoms with E-state index < -0.39 is 5.82 Å². The monoisotopic (exact) mass is 288 g/mol. The van der Waals surface area contributed by atoms with Crippen molar-refractivity contribution in [3.63, 3.8) is 0 Å². The lowest BCUT2D eigenvalue weighted by molar-refractivity contribution is 0.417. The number of nitrogens with one attached hydrogen (secondary N) is 1. The molecule has 0 saturated heterocycles. The number of hydrogen-bond donors (Lipinski definition) is 1. The molecule has 112 valence electrons. The van der Waals surface area contributed by atoms with Crippen molar-refractivity contribution in [3.8, 4) is 11.6 Å². The molecule has 0 unspecified atom stereocenters. The zero-order chi connectivity index (χ0) is 15.1. The molecule has 0 amide bonds. The van der Waals surface area contributed by atoms with Gasteiger partial charge in [0.2, 0.25) is 0 Å². The van der Waals surface area contributed by atoms with Crippen LogP contribution in [0.1, 0.15) is 31.4 Å². The molecule has 1 aromatic heterocycles. The summed E-state index contributed by atoms with van der Waals surface area (Å²) >= 11 is 0. The van der Waals surface area contributed by atoms with Gasteiger partial charge >= 0.3 is 0 Å². The van der Waals surface area contributed by atoms with Gasteiger partial charge in [0.1, 0.15) is 5.75 Å². The maximum absolute atomic E-state index is 14.3. The number of nitrogens with zero attached hydrogens (tertiary/aromatic N) is 1. The Hall–Kier alpha value is -1.94. The van der Waals surface area contributed by atoms with E-state index in [1.807, 2.05) is 31.2 Å². The fourth-order valence-corrected chi connectivity index (χ4v) is 2.05. The Morgan fingerprint density at radius 3 is 2.57 bits per heavy atom. The minimum absolute atomic E-state index is 0.0219. The first-order valence-electron chi connectivity index (χ1n) is 7.35. The fraction of sp³-hybridized carbons (Fsp3) is 0.353. The van der Waals surface area contributed by atoms with Crippen LogP contribution in [0.4, 0.5) is 4.39 Å². The molecule has 2 rings (SSSR count). The number of pyridine rings is 1. The number of hydrogen-bond acceptors (Lipinski definition) is 3. The summed E-state index contributed by atoms with van der Waals surface area (Å²) in [6, 6.07) is 9.36. The van der Waals surface area contributed by atoms with E-state index in [1.165, 1.54) is 5.56 Å². The molecule has 0 fully saturated rings. The summed E-state index contributed by atoms with van der Waals surface area (Å²) in [5, 5.41) is 3.09. The van der Waals surface area contributed by atoms with Crippen molar-refractivity contribution in [2.24, 2.45) is 0 Å². The average Bonchev–Trinajstić information content (AvgIpc) is 2.50. The molecule has 0 radical (unpaired) electrons. The Bertz CT molecular complexity index is 570. The molecule has 0 aliphatic rings. The maximum Gasteiger partial charge on any atom is 0.256 e. The molecule has 0 aliphatic carbocycles.